The van der Waals surface area contributed by atoms with Crippen LogP contribution in [-0.4, -0.2) is 96.7 Å². The van der Waals surface area contributed by atoms with Gasteiger partial charge < -0.3 is 33.8 Å². The predicted octanol–water partition coefficient (Wildman–Crippen LogP) is 23.7. The topological polar surface area (TPSA) is 237 Å². The average molecular weight is 1450 g/mol. The zero-order valence-electron chi connectivity index (χ0n) is 65.0. The number of esters is 4. The van der Waals surface area contributed by atoms with E-state index in [-0.39, 0.29) is 25.7 Å². The van der Waals surface area contributed by atoms with Crippen LogP contribution in [0.3, 0.4) is 0 Å². The number of unbranched alkanes of at least 4 members (excludes halogenated alkanes) is 46. The SMILES string of the molecule is CCCCCCCCCCCCCCCCCCCCCC(=O)O[C@H](COC(=O)CCCCCCCCCCCCCCCC(C)C)COP(=O)(O)OC[C@@H](O)COP(=O)(O)OC[C@@H](COC(=O)CCCCCCCCC(C)C)OC(=O)CCCCCCCCCCCCCCC(C)C. The van der Waals surface area contributed by atoms with Gasteiger partial charge in [-0.2, -0.15) is 0 Å². The normalized spacial score (nSPS) is 14.0. The quantitative estimate of drug-likeness (QED) is 0.0222. The van der Waals surface area contributed by atoms with Crippen LogP contribution in [0.25, 0.3) is 0 Å². The molecule has 19 heteroatoms. The standard InChI is InChI=1S/C80H156O17P2/c1-8-9-10-11-12-13-14-15-16-17-18-19-20-23-30-35-40-49-56-63-79(84)96-75(67-90-77(82)61-54-47-39-34-29-24-21-22-27-32-37-44-51-58-71(2)3)69-94-98(86,87)92-65-74(81)66-93-99(88,89)95-70-76(68-91-78(83)62-55-48-43-42-46-53-60-73(6)7)97-80(85)64-57-50-41-36-31-26-25-28-33-38-45-52-59-72(4)5/h71-76,81H,8-70H2,1-7H3,(H,86,87)(H,88,89)/t74-,75-,76-/m1/s1. The maximum Gasteiger partial charge on any atom is 0.472 e. The first-order valence-electron chi connectivity index (χ1n) is 41.3. The monoisotopic (exact) mass is 1450 g/mol. The number of phosphoric ester groups is 2. The van der Waals surface area contributed by atoms with Gasteiger partial charge in [0.2, 0.25) is 0 Å². The Morgan fingerprint density at radius 1 is 0.273 bits per heavy atom. The van der Waals surface area contributed by atoms with Crippen molar-refractivity contribution in [3.8, 4) is 0 Å². The van der Waals surface area contributed by atoms with Gasteiger partial charge in [0.25, 0.3) is 0 Å². The summed E-state index contributed by atoms with van der Waals surface area (Å²) in [4.78, 5) is 72.9. The molecule has 0 saturated heterocycles. The largest absolute Gasteiger partial charge is 0.472 e. The molecule has 588 valence electrons. The molecule has 0 amide bonds. The zero-order valence-corrected chi connectivity index (χ0v) is 66.8. The zero-order chi connectivity index (χ0) is 73.0. The number of carbonyl (C=O) groups is 4. The first-order valence-corrected chi connectivity index (χ1v) is 44.3. The predicted molar refractivity (Wildman–Crippen MR) is 405 cm³/mol. The fraction of sp³-hybridized carbons (Fsp3) is 0.950. The molecule has 0 spiro atoms. The van der Waals surface area contributed by atoms with Gasteiger partial charge in [-0.25, -0.2) is 9.13 Å². The van der Waals surface area contributed by atoms with Crippen molar-refractivity contribution in [1.82, 2.24) is 0 Å². The van der Waals surface area contributed by atoms with Gasteiger partial charge >= 0.3 is 39.5 Å². The van der Waals surface area contributed by atoms with Gasteiger partial charge in [0, 0.05) is 25.7 Å². The Morgan fingerprint density at radius 2 is 0.465 bits per heavy atom. The molecule has 0 bridgehead atoms. The summed E-state index contributed by atoms with van der Waals surface area (Å²) < 4.78 is 68.7. The average Bonchev–Trinajstić information content (AvgIpc) is 1.05. The number of aliphatic hydroxyl groups excluding tert-OH is 1. The summed E-state index contributed by atoms with van der Waals surface area (Å²) in [6.45, 7) is 11.9. The van der Waals surface area contributed by atoms with Crippen molar-refractivity contribution in [3.63, 3.8) is 0 Å². The third kappa shape index (κ3) is 74.1. The fourth-order valence-electron chi connectivity index (χ4n) is 12.3. The van der Waals surface area contributed by atoms with E-state index >= 15 is 0 Å². The van der Waals surface area contributed by atoms with Crippen LogP contribution in [0, 0.1) is 17.8 Å². The third-order valence-electron chi connectivity index (χ3n) is 18.6. The number of aliphatic hydroxyl groups is 1. The van der Waals surface area contributed by atoms with Gasteiger partial charge in [0.15, 0.2) is 12.2 Å². The Bertz CT molecular complexity index is 1920. The second-order valence-electron chi connectivity index (χ2n) is 30.2. The third-order valence-corrected chi connectivity index (χ3v) is 20.5. The van der Waals surface area contributed by atoms with Gasteiger partial charge in [-0.3, -0.25) is 37.3 Å². The van der Waals surface area contributed by atoms with Gasteiger partial charge in [-0.05, 0) is 43.4 Å². The van der Waals surface area contributed by atoms with Crippen molar-refractivity contribution in [3.05, 3.63) is 0 Å². The van der Waals surface area contributed by atoms with E-state index in [1.807, 2.05) is 0 Å². The molecule has 5 atom stereocenters. The summed E-state index contributed by atoms with van der Waals surface area (Å²) in [6, 6.07) is 0. The molecule has 0 rings (SSSR count). The lowest BCUT2D eigenvalue weighted by Crippen LogP contribution is -2.30. The van der Waals surface area contributed by atoms with E-state index in [9.17, 15) is 43.2 Å². The maximum absolute atomic E-state index is 13.1. The van der Waals surface area contributed by atoms with E-state index in [2.05, 4.69) is 48.5 Å². The molecule has 0 saturated carbocycles. The molecule has 0 aromatic heterocycles. The van der Waals surface area contributed by atoms with Gasteiger partial charge in [0.05, 0.1) is 26.4 Å². The van der Waals surface area contributed by atoms with Crippen molar-refractivity contribution in [2.45, 2.75) is 433 Å². The van der Waals surface area contributed by atoms with Crippen LogP contribution in [-0.2, 0) is 65.4 Å². The molecule has 99 heavy (non-hydrogen) atoms. The van der Waals surface area contributed by atoms with Crippen LogP contribution < -0.4 is 0 Å². The molecule has 3 N–H and O–H groups in total. The molecular weight excluding hydrogens is 1290 g/mol. The summed E-state index contributed by atoms with van der Waals surface area (Å²) in [5, 5.41) is 10.6. The van der Waals surface area contributed by atoms with Crippen LogP contribution >= 0.6 is 15.6 Å². The van der Waals surface area contributed by atoms with Gasteiger partial charge in [-0.15, -0.1) is 0 Å². The van der Waals surface area contributed by atoms with E-state index in [1.54, 1.807) is 0 Å². The lowest BCUT2D eigenvalue weighted by atomic mass is 10.0. The number of ether oxygens (including phenoxy) is 4. The second-order valence-corrected chi connectivity index (χ2v) is 33.1. The maximum atomic E-state index is 13.1. The minimum absolute atomic E-state index is 0.106. The highest BCUT2D eigenvalue weighted by Crippen LogP contribution is 2.45. The van der Waals surface area contributed by atoms with E-state index in [0.29, 0.717) is 31.6 Å². The molecular formula is C80H156O17P2. The summed E-state index contributed by atoms with van der Waals surface area (Å²) in [7, 11) is -9.92. The van der Waals surface area contributed by atoms with Gasteiger partial charge in [0.1, 0.15) is 19.3 Å². The Balaban J connectivity index is 5.23. The Hall–Kier alpha value is -1.94. The molecule has 0 aromatic carbocycles. The van der Waals surface area contributed by atoms with Crippen LogP contribution in [0.2, 0.25) is 0 Å². The van der Waals surface area contributed by atoms with Crippen LogP contribution in [0.4, 0.5) is 0 Å². The molecule has 0 heterocycles. The molecule has 2 unspecified atom stereocenters. The molecule has 0 fully saturated rings. The van der Waals surface area contributed by atoms with Crippen LogP contribution in [0.5, 0.6) is 0 Å². The lowest BCUT2D eigenvalue weighted by molar-refractivity contribution is -0.161. The summed E-state index contributed by atoms with van der Waals surface area (Å²) in [5.74, 6) is 0.133. The van der Waals surface area contributed by atoms with Crippen molar-refractivity contribution in [2.24, 2.45) is 17.8 Å². The molecule has 0 aliphatic heterocycles. The molecule has 0 aliphatic rings. The fourth-order valence-corrected chi connectivity index (χ4v) is 13.9. The highest BCUT2D eigenvalue weighted by atomic mass is 31.2. The highest BCUT2D eigenvalue weighted by molar-refractivity contribution is 7.47. The minimum atomic E-state index is -4.96. The number of rotatable bonds is 78. The number of carbonyl (C=O) groups excluding carboxylic acids is 4. The van der Waals surface area contributed by atoms with Crippen molar-refractivity contribution in [1.29, 1.82) is 0 Å². The second kappa shape index (κ2) is 70.4. The number of phosphoric acid groups is 2. The Labute approximate surface area is 607 Å². The number of hydrogen-bond donors (Lipinski definition) is 3. The van der Waals surface area contributed by atoms with E-state index in [0.717, 1.165) is 108 Å². The van der Waals surface area contributed by atoms with Crippen molar-refractivity contribution in [2.75, 3.05) is 39.6 Å². The van der Waals surface area contributed by atoms with Crippen LogP contribution in [0.1, 0.15) is 414 Å². The molecule has 0 radical (unpaired) electrons. The molecule has 0 aliphatic carbocycles. The molecule has 17 nitrogen and oxygen atoms in total. The lowest BCUT2D eigenvalue weighted by Gasteiger charge is -2.21. The summed E-state index contributed by atoms with van der Waals surface area (Å²) in [6.07, 6.45) is 58.4. The summed E-state index contributed by atoms with van der Waals surface area (Å²) in [5.41, 5.74) is 0. The first-order chi connectivity index (χ1) is 47.7. The highest BCUT2D eigenvalue weighted by Gasteiger charge is 2.30. The van der Waals surface area contributed by atoms with Gasteiger partial charge in [-0.1, -0.05) is 363 Å². The smallest absolute Gasteiger partial charge is 0.462 e. The van der Waals surface area contributed by atoms with E-state index in [1.165, 1.54) is 218 Å². The van der Waals surface area contributed by atoms with E-state index in [4.69, 9.17) is 37.0 Å². The van der Waals surface area contributed by atoms with Crippen LogP contribution in [0.15, 0.2) is 0 Å². The van der Waals surface area contributed by atoms with Crippen molar-refractivity contribution < 1.29 is 80.2 Å². The Kier molecular flexibility index (Phi) is 69.0. The molecule has 0 aromatic rings. The van der Waals surface area contributed by atoms with Crippen molar-refractivity contribution >= 4 is 39.5 Å². The minimum Gasteiger partial charge on any atom is -0.462 e. The Morgan fingerprint density at radius 3 is 0.687 bits per heavy atom. The van der Waals surface area contributed by atoms with E-state index < -0.39 is 97.5 Å². The first kappa shape index (κ1) is 97.1. The number of hydrogen-bond acceptors (Lipinski definition) is 15. The summed E-state index contributed by atoms with van der Waals surface area (Å²) >= 11 is 0.